The molecule has 1 aromatic carbocycles. The maximum atomic E-state index is 12.8. The van der Waals surface area contributed by atoms with Crippen LogP contribution in [-0.4, -0.2) is 20.6 Å². The number of rotatable bonds is 5. The van der Waals surface area contributed by atoms with Crippen LogP contribution in [0.15, 0.2) is 45.7 Å². The van der Waals surface area contributed by atoms with Gasteiger partial charge in [0.15, 0.2) is 0 Å². The number of nitrogens with one attached hydrogen (secondary N) is 1. The van der Waals surface area contributed by atoms with Crippen molar-refractivity contribution in [3.8, 4) is 11.8 Å². The number of nitrogens with zero attached hydrogens (tertiary/aromatic N) is 3. The Morgan fingerprint density at radius 1 is 1.38 bits per heavy atom. The van der Waals surface area contributed by atoms with Crippen molar-refractivity contribution in [3.63, 3.8) is 0 Å². The zero-order valence-corrected chi connectivity index (χ0v) is 15.2. The number of thiocarbonyl (C=S) groups is 1. The third kappa shape index (κ3) is 3.22. The van der Waals surface area contributed by atoms with E-state index in [1.807, 2.05) is 43.3 Å². The molecule has 8 heteroatoms. The minimum Gasteiger partial charge on any atom is -0.389 e. The highest BCUT2D eigenvalue weighted by Gasteiger charge is 2.18. The average Bonchev–Trinajstić information content (AvgIpc) is 2.78. The molecule has 6 nitrogen and oxygen atoms in total. The maximum absolute atomic E-state index is 12.8. The van der Waals surface area contributed by atoms with Gasteiger partial charge >= 0.3 is 0 Å². The van der Waals surface area contributed by atoms with Gasteiger partial charge in [0.25, 0.3) is 5.56 Å². The van der Waals surface area contributed by atoms with Crippen LogP contribution in [0.3, 0.4) is 0 Å². The monoisotopic (exact) mass is 359 g/mol. The Hall–Kier alpha value is -2.50. The second kappa shape index (κ2) is 7.38. The number of hydrogen-bond donors (Lipinski definition) is 2. The highest BCUT2D eigenvalue weighted by atomic mass is 32.2. The van der Waals surface area contributed by atoms with Crippen molar-refractivity contribution in [1.29, 1.82) is 5.26 Å². The van der Waals surface area contributed by atoms with Crippen LogP contribution in [0.2, 0.25) is 0 Å². The van der Waals surface area contributed by atoms with E-state index in [0.717, 1.165) is 11.4 Å². The van der Waals surface area contributed by atoms with Crippen molar-refractivity contribution in [1.82, 2.24) is 9.36 Å². The van der Waals surface area contributed by atoms with Crippen LogP contribution in [0.4, 0.5) is 5.69 Å². The molecule has 0 amide bonds. The molecule has 2 aromatic rings. The summed E-state index contributed by atoms with van der Waals surface area (Å²) in [7, 11) is 1.80. The van der Waals surface area contributed by atoms with Crippen LogP contribution in [0, 0.1) is 18.3 Å². The van der Waals surface area contributed by atoms with Crippen molar-refractivity contribution in [2.24, 2.45) is 12.8 Å². The summed E-state index contributed by atoms with van der Waals surface area (Å²) in [5.74, 6) is 0. The quantitative estimate of drug-likeness (QED) is 0.484. The molecule has 0 spiro atoms. The predicted octanol–water partition coefficient (Wildman–Crippen LogP) is 2.28. The molecule has 0 unspecified atom stereocenters. The molecular weight excluding hydrogens is 342 g/mol. The average molecular weight is 359 g/mol. The standard InChI is InChI=1S/C16H17N5OS2/c1-10-13(19-15(24-3)12(9-17)14(18)23)16(22)21(20(10)2)11-7-5-4-6-8-11/h4-8,19H,1-3H3,(H2,18,23)/b15-12+. The normalized spacial score (nSPS) is 11.6. The Balaban J connectivity index is 2.60. The molecule has 24 heavy (non-hydrogen) atoms. The lowest BCUT2D eigenvalue weighted by molar-refractivity contribution is 0.630. The zero-order valence-electron chi connectivity index (χ0n) is 13.5. The summed E-state index contributed by atoms with van der Waals surface area (Å²) < 4.78 is 3.31. The van der Waals surface area contributed by atoms with Gasteiger partial charge in [0.2, 0.25) is 0 Å². The Morgan fingerprint density at radius 2 is 2.00 bits per heavy atom. The molecule has 0 saturated carbocycles. The molecule has 124 valence electrons. The fraction of sp³-hybridized carbons (Fsp3) is 0.188. The molecule has 0 bridgehead atoms. The summed E-state index contributed by atoms with van der Waals surface area (Å²) >= 11 is 6.18. The molecule has 1 heterocycles. The molecule has 1 aromatic heterocycles. The van der Waals surface area contributed by atoms with Crippen molar-refractivity contribution in [2.75, 3.05) is 11.6 Å². The van der Waals surface area contributed by atoms with Gasteiger partial charge in [0.05, 0.1) is 16.4 Å². The van der Waals surface area contributed by atoms with E-state index in [9.17, 15) is 10.1 Å². The molecule has 0 aliphatic heterocycles. The fourth-order valence-corrected chi connectivity index (χ4v) is 3.04. The van der Waals surface area contributed by atoms with E-state index in [4.69, 9.17) is 18.0 Å². The van der Waals surface area contributed by atoms with Crippen molar-refractivity contribution in [2.45, 2.75) is 6.92 Å². The van der Waals surface area contributed by atoms with E-state index < -0.39 is 0 Å². The van der Waals surface area contributed by atoms with Gasteiger partial charge < -0.3 is 11.1 Å². The first-order valence-corrected chi connectivity index (χ1v) is 8.64. The number of para-hydroxylation sites is 1. The Bertz CT molecular complexity index is 903. The maximum Gasteiger partial charge on any atom is 0.295 e. The topological polar surface area (TPSA) is 88.8 Å². The molecule has 0 aliphatic carbocycles. The van der Waals surface area contributed by atoms with E-state index in [1.165, 1.54) is 11.8 Å². The number of hydrogen-bond acceptors (Lipinski definition) is 5. The van der Waals surface area contributed by atoms with Gasteiger partial charge in [-0.15, -0.1) is 11.8 Å². The lowest BCUT2D eigenvalue weighted by Gasteiger charge is -2.09. The number of thioether (sulfide) groups is 1. The number of anilines is 1. The first kappa shape index (κ1) is 17.8. The molecular formula is C16H17N5OS2. The van der Waals surface area contributed by atoms with Crippen LogP contribution in [-0.2, 0) is 7.05 Å². The highest BCUT2D eigenvalue weighted by Crippen LogP contribution is 2.22. The van der Waals surface area contributed by atoms with Crippen molar-refractivity contribution >= 4 is 34.7 Å². The van der Waals surface area contributed by atoms with Crippen molar-refractivity contribution < 1.29 is 0 Å². The summed E-state index contributed by atoms with van der Waals surface area (Å²) in [6, 6.07) is 11.3. The van der Waals surface area contributed by atoms with E-state index in [1.54, 1.807) is 22.7 Å². The van der Waals surface area contributed by atoms with Gasteiger partial charge in [-0.25, -0.2) is 4.68 Å². The summed E-state index contributed by atoms with van der Waals surface area (Å²) in [6.45, 7) is 1.83. The summed E-state index contributed by atoms with van der Waals surface area (Å²) in [4.78, 5) is 12.8. The number of benzene rings is 1. The van der Waals surface area contributed by atoms with Gasteiger partial charge in [-0.3, -0.25) is 9.48 Å². The van der Waals surface area contributed by atoms with Gasteiger partial charge in [-0.1, -0.05) is 30.4 Å². The van der Waals surface area contributed by atoms with Crippen LogP contribution in [0.5, 0.6) is 0 Å². The first-order valence-electron chi connectivity index (χ1n) is 7.01. The number of nitrogens with two attached hydrogens (primary N) is 1. The van der Waals surface area contributed by atoms with E-state index in [0.29, 0.717) is 10.7 Å². The second-order valence-electron chi connectivity index (χ2n) is 4.95. The molecule has 0 radical (unpaired) electrons. The lowest BCUT2D eigenvalue weighted by atomic mass is 10.3. The minimum absolute atomic E-state index is 0.00804. The smallest absolute Gasteiger partial charge is 0.295 e. The SMILES string of the molecule is CS/C(Nc1c(C)n(C)n(-c2ccccc2)c1=O)=C(\C#N)C(N)=S. The molecule has 3 N–H and O–H groups in total. The summed E-state index contributed by atoms with van der Waals surface area (Å²) in [6.07, 6.45) is 1.78. The van der Waals surface area contributed by atoms with Gasteiger partial charge in [0, 0.05) is 7.05 Å². The highest BCUT2D eigenvalue weighted by molar-refractivity contribution is 8.02. The van der Waals surface area contributed by atoms with E-state index >= 15 is 0 Å². The summed E-state index contributed by atoms with van der Waals surface area (Å²) in [5, 5.41) is 12.7. The van der Waals surface area contributed by atoms with Gasteiger partial charge in [-0.05, 0) is 25.3 Å². The van der Waals surface area contributed by atoms with E-state index in [2.05, 4.69) is 5.32 Å². The molecule has 0 fully saturated rings. The fourth-order valence-electron chi connectivity index (χ4n) is 2.26. The van der Waals surface area contributed by atoms with Crippen LogP contribution >= 0.6 is 24.0 Å². The van der Waals surface area contributed by atoms with Gasteiger partial charge in [-0.2, -0.15) is 5.26 Å². The van der Waals surface area contributed by atoms with Gasteiger partial charge in [0.1, 0.15) is 22.3 Å². The molecule has 0 saturated heterocycles. The van der Waals surface area contributed by atoms with Crippen LogP contribution < -0.4 is 16.6 Å². The second-order valence-corrected chi connectivity index (χ2v) is 6.20. The largest absolute Gasteiger partial charge is 0.389 e. The Morgan fingerprint density at radius 3 is 2.50 bits per heavy atom. The Labute approximate surface area is 149 Å². The third-order valence-electron chi connectivity index (χ3n) is 3.58. The lowest BCUT2D eigenvalue weighted by Crippen LogP contribution is -2.21. The Kier molecular flexibility index (Phi) is 5.49. The van der Waals surface area contributed by atoms with Crippen molar-refractivity contribution in [3.05, 3.63) is 57.0 Å². The molecule has 2 rings (SSSR count). The molecule has 0 aliphatic rings. The molecule has 0 atom stereocenters. The third-order valence-corrected chi connectivity index (χ3v) is 4.50. The first-order chi connectivity index (χ1) is 11.4. The predicted molar refractivity (Wildman–Crippen MR) is 102 cm³/mol. The van der Waals surface area contributed by atoms with E-state index in [-0.39, 0.29) is 16.1 Å². The summed E-state index contributed by atoms with van der Waals surface area (Å²) in [5.41, 5.74) is 7.40. The van der Waals surface area contributed by atoms with Crippen LogP contribution in [0.25, 0.3) is 5.69 Å². The van der Waals surface area contributed by atoms with Crippen LogP contribution in [0.1, 0.15) is 5.69 Å². The number of aromatic nitrogens is 2. The minimum atomic E-state index is -0.215. The number of nitriles is 1. The zero-order chi connectivity index (χ0) is 17.9.